The number of ether oxygens (including phenoxy) is 1. The predicted molar refractivity (Wildman–Crippen MR) is 102 cm³/mol. The van der Waals surface area contributed by atoms with Crippen LogP contribution in [0.15, 0.2) is 54.7 Å². The molecule has 0 aliphatic rings. The summed E-state index contributed by atoms with van der Waals surface area (Å²) in [6.07, 6.45) is 4.21. The van der Waals surface area contributed by atoms with Crippen molar-refractivity contribution in [1.82, 2.24) is 9.78 Å². The summed E-state index contributed by atoms with van der Waals surface area (Å²) in [4.78, 5) is 0. The Balaban J connectivity index is 1.91. The van der Waals surface area contributed by atoms with Crippen LogP contribution in [0.1, 0.15) is 30.9 Å². The second-order valence-electron chi connectivity index (χ2n) is 6.17. The fraction of sp³-hybridized carbons (Fsp3) is 0.286. The van der Waals surface area contributed by atoms with Gasteiger partial charge in [0.25, 0.3) is 0 Å². The fourth-order valence-corrected chi connectivity index (χ4v) is 2.80. The van der Waals surface area contributed by atoms with Gasteiger partial charge in [-0.2, -0.15) is 5.10 Å². The standard InChI is InChI=1S/C21H25N3O/c1-3-4-12-25-20-11-10-17(13-16(20)2)21-18(14-22)15-24(23-21)19-8-6-5-7-9-19/h5-11,13,15H,3-4,12,14,22H2,1-2H3. The van der Waals surface area contributed by atoms with Crippen LogP contribution >= 0.6 is 0 Å². The van der Waals surface area contributed by atoms with Crippen molar-refractivity contribution in [2.45, 2.75) is 33.2 Å². The van der Waals surface area contributed by atoms with Crippen LogP contribution in [-0.4, -0.2) is 16.4 Å². The molecule has 1 heterocycles. The molecular weight excluding hydrogens is 310 g/mol. The molecule has 4 nitrogen and oxygen atoms in total. The van der Waals surface area contributed by atoms with Gasteiger partial charge >= 0.3 is 0 Å². The topological polar surface area (TPSA) is 53.1 Å². The number of nitrogens with two attached hydrogens (primary N) is 1. The molecule has 0 unspecified atom stereocenters. The van der Waals surface area contributed by atoms with Gasteiger partial charge in [0.1, 0.15) is 5.75 Å². The Kier molecular flexibility index (Phi) is 5.51. The number of hydrogen-bond donors (Lipinski definition) is 1. The first kappa shape index (κ1) is 17.2. The first-order chi connectivity index (χ1) is 12.2. The van der Waals surface area contributed by atoms with Gasteiger partial charge in [-0.15, -0.1) is 0 Å². The molecule has 2 N–H and O–H groups in total. The van der Waals surface area contributed by atoms with E-state index < -0.39 is 0 Å². The Morgan fingerprint density at radius 2 is 1.92 bits per heavy atom. The predicted octanol–water partition coefficient (Wildman–Crippen LogP) is 4.49. The lowest BCUT2D eigenvalue weighted by molar-refractivity contribution is 0.307. The first-order valence-electron chi connectivity index (χ1n) is 8.80. The summed E-state index contributed by atoms with van der Waals surface area (Å²) >= 11 is 0. The van der Waals surface area contributed by atoms with Crippen molar-refractivity contribution in [3.63, 3.8) is 0 Å². The number of aromatic nitrogens is 2. The van der Waals surface area contributed by atoms with Crippen molar-refractivity contribution in [2.24, 2.45) is 5.73 Å². The van der Waals surface area contributed by atoms with Crippen LogP contribution in [0.3, 0.4) is 0 Å². The van der Waals surface area contributed by atoms with E-state index >= 15 is 0 Å². The number of nitrogens with zero attached hydrogens (tertiary/aromatic N) is 2. The van der Waals surface area contributed by atoms with Crippen molar-refractivity contribution >= 4 is 0 Å². The molecule has 3 rings (SSSR count). The van der Waals surface area contributed by atoms with Crippen LogP contribution in [0, 0.1) is 6.92 Å². The van der Waals surface area contributed by atoms with E-state index in [1.165, 1.54) is 0 Å². The number of para-hydroxylation sites is 1. The highest BCUT2D eigenvalue weighted by atomic mass is 16.5. The van der Waals surface area contributed by atoms with E-state index in [0.29, 0.717) is 6.54 Å². The summed E-state index contributed by atoms with van der Waals surface area (Å²) in [5.74, 6) is 0.939. The number of hydrogen-bond acceptors (Lipinski definition) is 3. The number of rotatable bonds is 7. The Labute approximate surface area is 149 Å². The van der Waals surface area contributed by atoms with Crippen LogP contribution < -0.4 is 10.5 Å². The summed E-state index contributed by atoms with van der Waals surface area (Å²) in [6, 6.07) is 16.3. The van der Waals surface area contributed by atoms with Crippen LogP contribution in [-0.2, 0) is 6.54 Å². The zero-order valence-electron chi connectivity index (χ0n) is 14.9. The van der Waals surface area contributed by atoms with E-state index in [-0.39, 0.29) is 0 Å². The molecule has 0 bridgehead atoms. The summed E-state index contributed by atoms with van der Waals surface area (Å²) in [7, 11) is 0. The molecule has 130 valence electrons. The maximum absolute atomic E-state index is 5.95. The van der Waals surface area contributed by atoms with E-state index in [1.54, 1.807) is 0 Å². The van der Waals surface area contributed by atoms with Gasteiger partial charge in [-0.1, -0.05) is 31.5 Å². The molecule has 0 aliphatic carbocycles. The fourth-order valence-electron chi connectivity index (χ4n) is 2.80. The van der Waals surface area contributed by atoms with Gasteiger partial charge in [0, 0.05) is 23.9 Å². The van der Waals surface area contributed by atoms with Crippen molar-refractivity contribution in [3.8, 4) is 22.7 Å². The van der Waals surface area contributed by atoms with Gasteiger partial charge in [-0.3, -0.25) is 0 Å². The third-order valence-electron chi connectivity index (χ3n) is 4.23. The zero-order chi connectivity index (χ0) is 17.6. The third kappa shape index (κ3) is 3.91. The lowest BCUT2D eigenvalue weighted by atomic mass is 10.1. The van der Waals surface area contributed by atoms with E-state index in [0.717, 1.165) is 53.3 Å². The van der Waals surface area contributed by atoms with E-state index in [1.807, 2.05) is 47.3 Å². The minimum Gasteiger partial charge on any atom is -0.493 e. The Morgan fingerprint density at radius 3 is 2.60 bits per heavy atom. The average Bonchev–Trinajstić information content (AvgIpc) is 3.08. The van der Waals surface area contributed by atoms with Gasteiger partial charge in [-0.25, -0.2) is 4.68 Å². The maximum atomic E-state index is 5.95. The molecule has 0 radical (unpaired) electrons. The van der Waals surface area contributed by atoms with Gasteiger partial charge in [0.2, 0.25) is 0 Å². The molecule has 0 atom stereocenters. The van der Waals surface area contributed by atoms with Crippen molar-refractivity contribution in [1.29, 1.82) is 0 Å². The lowest BCUT2D eigenvalue weighted by Crippen LogP contribution is -1.99. The second-order valence-corrected chi connectivity index (χ2v) is 6.17. The molecule has 0 saturated carbocycles. The molecule has 0 fully saturated rings. The number of aryl methyl sites for hydroxylation is 1. The van der Waals surface area contributed by atoms with Gasteiger partial charge in [0.15, 0.2) is 0 Å². The minimum absolute atomic E-state index is 0.454. The molecule has 0 saturated heterocycles. The van der Waals surface area contributed by atoms with Crippen LogP contribution in [0.4, 0.5) is 0 Å². The van der Waals surface area contributed by atoms with Gasteiger partial charge in [0.05, 0.1) is 18.0 Å². The summed E-state index contributed by atoms with van der Waals surface area (Å²) in [5, 5.41) is 4.76. The van der Waals surface area contributed by atoms with Gasteiger partial charge in [-0.05, 0) is 49.2 Å². The molecule has 1 aromatic heterocycles. The SMILES string of the molecule is CCCCOc1ccc(-c2nn(-c3ccccc3)cc2CN)cc1C. The monoisotopic (exact) mass is 335 g/mol. The second kappa shape index (κ2) is 7.99. The maximum Gasteiger partial charge on any atom is 0.122 e. The Morgan fingerprint density at radius 1 is 1.12 bits per heavy atom. The van der Waals surface area contributed by atoms with Crippen LogP contribution in [0.5, 0.6) is 5.75 Å². The normalized spacial score (nSPS) is 10.8. The average molecular weight is 335 g/mol. The molecule has 0 spiro atoms. The van der Waals surface area contributed by atoms with E-state index in [4.69, 9.17) is 15.6 Å². The molecule has 3 aromatic rings. The summed E-state index contributed by atoms with van der Waals surface area (Å²) in [5.41, 5.74) is 11.1. The smallest absolute Gasteiger partial charge is 0.122 e. The highest BCUT2D eigenvalue weighted by Gasteiger charge is 2.12. The van der Waals surface area contributed by atoms with Crippen LogP contribution in [0.25, 0.3) is 16.9 Å². The minimum atomic E-state index is 0.454. The van der Waals surface area contributed by atoms with E-state index in [9.17, 15) is 0 Å². The summed E-state index contributed by atoms with van der Waals surface area (Å²) in [6.45, 7) is 5.45. The first-order valence-corrected chi connectivity index (χ1v) is 8.80. The molecule has 25 heavy (non-hydrogen) atoms. The Bertz CT molecular complexity index is 824. The lowest BCUT2D eigenvalue weighted by Gasteiger charge is -2.10. The molecule has 4 heteroatoms. The van der Waals surface area contributed by atoms with Crippen LogP contribution in [0.2, 0.25) is 0 Å². The largest absolute Gasteiger partial charge is 0.493 e. The number of benzene rings is 2. The molecule has 0 amide bonds. The highest BCUT2D eigenvalue weighted by molar-refractivity contribution is 5.65. The van der Waals surface area contributed by atoms with Crippen molar-refractivity contribution in [3.05, 3.63) is 65.9 Å². The number of unbranched alkanes of at least 4 members (excludes halogenated alkanes) is 1. The van der Waals surface area contributed by atoms with Crippen molar-refractivity contribution < 1.29 is 4.74 Å². The summed E-state index contributed by atoms with van der Waals surface area (Å²) < 4.78 is 7.74. The molecule has 0 aliphatic heterocycles. The van der Waals surface area contributed by atoms with Crippen molar-refractivity contribution in [2.75, 3.05) is 6.61 Å². The van der Waals surface area contributed by atoms with Gasteiger partial charge < -0.3 is 10.5 Å². The highest BCUT2D eigenvalue weighted by Crippen LogP contribution is 2.28. The Hall–Kier alpha value is -2.59. The quantitative estimate of drug-likeness (QED) is 0.647. The van der Waals surface area contributed by atoms with E-state index in [2.05, 4.69) is 26.0 Å². The third-order valence-corrected chi connectivity index (χ3v) is 4.23. The molecule has 2 aromatic carbocycles. The zero-order valence-corrected chi connectivity index (χ0v) is 14.9. The molecular formula is C21H25N3O.